The summed E-state index contributed by atoms with van der Waals surface area (Å²) in [4.78, 5) is 29.2. The maximum Gasteiger partial charge on any atom is 0.322 e. The molecule has 0 aliphatic heterocycles. The molecule has 1 unspecified atom stereocenters. The van der Waals surface area contributed by atoms with Crippen LogP contribution in [0.4, 0.5) is 19.3 Å². The van der Waals surface area contributed by atoms with Crippen LogP contribution < -0.4 is 5.32 Å². The SMILES string of the molecule is CCC(C)N(CC(=O)N(Cc1cccn1C)CC(C)C)C(=O)Nc1ccc(F)cc1F. The predicted molar refractivity (Wildman–Crippen MR) is 118 cm³/mol. The van der Waals surface area contributed by atoms with Gasteiger partial charge in [0.05, 0.1) is 12.2 Å². The molecule has 1 N–H and O–H groups in total. The molecule has 0 radical (unpaired) electrons. The summed E-state index contributed by atoms with van der Waals surface area (Å²) >= 11 is 0. The summed E-state index contributed by atoms with van der Waals surface area (Å²) in [6.07, 6.45) is 2.54. The van der Waals surface area contributed by atoms with Gasteiger partial charge in [-0.05, 0) is 43.5 Å². The van der Waals surface area contributed by atoms with E-state index in [9.17, 15) is 18.4 Å². The second-order valence-electron chi connectivity index (χ2n) is 8.22. The Bertz CT molecular complexity index is 897. The van der Waals surface area contributed by atoms with Crippen LogP contribution >= 0.6 is 0 Å². The zero-order valence-electron chi connectivity index (χ0n) is 18.9. The number of halogens is 2. The predicted octanol–water partition coefficient (Wildman–Crippen LogP) is 4.62. The van der Waals surface area contributed by atoms with Gasteiger partial charge in [0.25, 0.3) is 0 Å². The average molecular weight is 435 g/mol. The van der Waals surface area contributed by atoms with Crippen molar-refractivity contribution in [1.82, 2.24) is 14.4 Å². The molecule has 2 aromatic rings. The van der Waals surface area contributed by atoms with Gasteiger partial charge in [0.1, 0.15) is 18.2 Å². The molecule has 8 heteroatoms. The summed E-state index contributed by atoms with van der Waals surface area (Å²) in [7, 11) is 1.92. The zero-order chi connectivity index (χ0) is 23.1. The lowest BCUT2D eigenvalue weighted by Crippen LogP contribution is -2.48. The monoisotopic (exact) mass is 434 g/mol. The van der Waals surface area contributed by atoms with Crippen molar-refractivity contribution in [2.75, 3.05) is 18.4 Å². The van der Waals surface area contributed by atoms with Gasteiger partial charge in [0, 0.05) is 37.6 Å². The summed E-state index contributed by atoms with van der Waals surface area (Å²) < 4.78 is 29.1. The number of anilines is 1. The van der Waals surface area contributed by atoms with Crippen LogP contribution in [0.15, 0.2) is 36.5 Å². The number of carbonyl (C=O) groups excluding carboxylic acids is 2. The van der Waals surface area contributed by atoms with Gasteiger partial charge in [-0.25, -0.2) is 13.6 Å². The molecular weight excluding hydrogens is 402 g/mol. The first-order chi connectivity index (χ1) is 14.6. The van der Waals surface area contributed by atoms with Gasteiger partial charge >= 0.3 is 6.03 Å². The van der Waals surface area contributed by atoms with Crippen molar-refractivity contribution in [3.05, 3.63) is 53.9 Å². The fraction of sp³-hybridized carbons (Fsp3) is 0.478. The van der Waals surface area contributed by atoms with Crippen molar-refractivity contribution < 1.29 is 18.4 Å². The summed E-state index contributed by atoms with van der Waals surface area (Å²) in [5.74, 6) is -1.53. The van der Waals surface area contributed by atoms with Crippen LogP contribution in [-0.4, -0.2) is 45.4 Å². The molecule has 0 bridgehead atoms. The molecule has 0 saturated heterocycles. The third kappa shape index (κ3) is 6.80. The van der Waals surface area contributed by atoms with Gasteiger partial charge in [-0.1, -0.05) is 20.8 Å². The molecule has 3 amide bonds. The van der Waals surface area contributed by atoms with Gasteiger partial charge < -0.3 is 19.7 Å². The van der Waals surface area contributed by atoms with Crippen molar-refractivity contribution in [3.8, 4) is 0 Å². The molecule has 170 valence electrons. The van der Waals surface area contributed by atoms with Crippen molar-refractivity contribution in [3.63, 3.8) is 0 Å². The summed E-state index contributed by atoms with van der Waals surface area (Å²) in [5.41, 5.74) is 0.858. The van der Waals surface area contributed by atoms with E-state index in [-0.39, 0.29) is 30.1 Å². The maximum absolute atomic E-state index is 14.0. The number of nitrogens with zero attached hydrogens (tertiary/aromatic N) is 3. The molecule has 0 saturated carbocycles. The quantitative estimate of drug-likeness (QED) is 0.626. The lowest BCUT2D eigenvalue weighted by molar-refractivity contribution is -0.133. The van der Waals surface area contributed by atoms with E-state index in [0.717, 1.165) is 11.8 Å². The van der Waals surface area contributed by atoms with Crippen LogP contribution in [-0.2, 0) is 18.4 Å². The van der Waals surface area contributed by atoms with E-state index >= 15 is 0 Å². The normalized spacial score (nSPS) is 12.0. The van der Waals surface area contributed by atoms with E-state index in [1.165, 1.54) is 11.0 Å². The minimum atomic E-state index is -0.867. The Balaban J connectivity index is 2.18. The van der Waals surface area contributed by atoms with Gasteiger partial charge in [-0.2, -0.15) is 0 Å². The molecule has 6 nitrogen and oxygen atoms in total. The Morgan fingerprint density at radius 2 is 1.87 bits per heavy atom. The highest BCUT2D eigenvalue weighted by Gasteiger charge is 2.26. The zero-order valence-corrected chi connectivity index (χ0v) is 18.9. The van der Waals surface area contributed by atoms with Gasteiger partial charge in [0.15, 0.2) is 0 Å². The highest BCUT2D eigenvalue weighted by Crippen LogP contribution is 2.17. The number of benzene rings is 1. The second kappa shape index (κ2) is 10.9. The fourth-order valence-electron chi connectivity index (χ4n) is 3.22. The highest BCUT2D eigenvalue weighted by molar-refractivity contribution is 5.92. The Hall–Kier alpha value is -2.90. The van der Waals surface area contributed by atoms with E-state index in [4.69, 9.17) is 0 Å². The van der Waals surface area contributed by atoms with Crippen LogP contribution in [0.2, 0.25) is 0 Å². The number of hydrogen-bond donors (Lipinski definition) is 1. The number of aromatic nitrogens is 1. The minimum Gasteiger partial charge on any atom is -0.353 e. The number of aryl methyl sites for hydroxylation is 1. The Morgan fingerprint density at radius 3 is 2.42 bits per heavy atom. The van der Waals surface area contributed by atoms with Crippen LogP contribution in [0.3, 0.4) is 0 Å². The van der Waals surface area contributed by atoms with E-state index in [0.29, 0.717) is 25.6 Å². The molecule has 0 fully saturated rings. The third-order valence-corrected chi connectivity index (χ3v) is 5.20. The molecule has 0 aliphatic carbocycles. The van der Waals surface area contributed by atoms with Gasteiger partial charge in [-0.15, -0.1) is 0 Å². The standard InChI is InChI=1S/C23H32F2N4O2/c1-6-17(4)29(23(31)26-21-10-9-18(24)12-20(21)25)15-22(30)28(13-16(2)3)14-19-8-7-11-27(19)5/h7-12,16-17H,6,13-15H2,1-5H3,(H,26,31). The number of rotatable bonds is 9. The van der Waals surface area contributed by atoms with Crippen molar-refractivity contribution in [1.29, 1.82) is 0 Å². The molecule has 31 heavy (non-hydrogen) atoms. The number of carbonyl (C=O) groups is 2. The summed E-state index contributed by atoms with van der Waals surface area (Å²) in [6.45, 7) is 8.64. The first-order valence-corrected chi connectivity index (χ1v) is 10.5. The molecule has 1 heterocycles. The third-order valence-electron chi connectivity index (χ3n) is 5.20. The summed E-state index contributed by atoms with van der Waals surface area (Å²) in [5, 5.41) is 2.46. The van der Waals surface area contributed by atoms with Crippen molar-refractivity contribution in [2.24, 2.45) is 13.0 Å². The molecule has 0 spiro atoms. The fourth-order valence-corrected chi connectivity index (χ4v) is 3.22. The molecule has 1 aromatic heterocycles. The smallest absolute Gasteiger partial charge is 0.322 e. The van der Waals surface area contributed by atoms with Gasteiger partial charge in [0.2, 0.25) is 5.91 Å². The van der Waals surface area contributed by atoms with E-state index in [1.54, 1.807) is 4.90 Å². The first kappa shape index (κ1) is 24.4. The van der Waals surface area contributed by atoms with Crippen LogP contribution in [0.1, 0.15) is 39.8 Å². The number of hydrogen-bond acceptors (Lipinski definition) is 2. The number of amides is 3. The maximum atomic E-state index is 14.0. The number of nitrogens with one attached hydrogen (secondary N) is 1. The average Bonchev–Trinajstić information content (AvgIpc) is 3.11. The number of urea groups is 1. The second-order valence-corrected chi connectivity index (χ2v) is 8.22. The molecule has 2 rings (SSSR count). The van der Waals surface area contributed by atoms with Gasteiger partial charge in [-0.3, -0.25) is 4.79 Å². The first-order valence-electron chi connectivity index (χ1n) is 10.5. The highest BCUT2D eigenvalue weighted by atomic mass is 19.1. The lowest BCUT2D eigenvalue weighted by atomic mass is 10.2. The lowest BCUT2D eigenvalue weighted by Gasteiger charge is -2.32. The Morgan fingerprint density at radius 1 is 1.16 bits per heavy atom. The van der Waals surface area contributed by atoms with Crippen LogP contribution in [0.5, 0.6) is 0 Å². The van der Waals surface area contributed by atoms with Crippen LogP contribution in [0, 0.1) is 17.6 Å². The molecule has 0 aliphatic rings. The Kier molecular flexibility index (Phi) is 8.59. The Labute approximate surface area is 182 Å². The molecule has 1 aromatic carbocycles. The molecule has 1 atom stereocenters. The molecular formula is C23H32F2N4O2. The minimum absolute atomic E-state index is 0.130. The topological polar surface area (TPSA) is 57.6 Å². The summed E-state index contributed by atoms with van der Waals surface area (Å²) in [6, 6.07) is 5.97. The van der Waals surface area contributed by atoms with E-state index < -0.39 is 17.7 Å². The van der Waals surface area contributed by atoms with Crippen LogP contribution in [0.25, 0.3) is 0 Å². The van der Waals surface area contributed by atoms with Crippen molar-refractivity contribution in [2.45, 2.75) is 46.7 Å². The van der Waals surface area contributed by atoms with E-state index in [2.05, 4.69) is 5.32 Å². The largest absolute Gasteiger partial charge is 0.353 e. The van der Waals surface area contributed by atoms with Crippen molar-refractivity contribution >= 4 is 17.6 Å². The van der Waals surface area contributed by atoms with E-state index in [1.807, 2.05) is 57.6 Å².